The van der Waals surface area contributed by atoms with Crippen LogP contribution in [0.2, 0.25) is 0 Å². The molecule has 0 aromatic carbocycles. The van der Waals surface area contributed by atoms with Crippen LogP contribution in [0.25, 0.3) is 0 Å². The highest BCUT2D eigenvalue weighted by Gasteiger charge is 2.74. The molecule has 14 heavy (non-hydrogen) atoms. The topological polar surface area (TPSA) is 34.1 Å². The third kappa shape index (κ3) is 0.838. The minimum absolute atomic E-state index is 0.0671. The van der Waals surface area contributed by atoms with Gasteiger partial charge in [-0.25, -0.2) is 0 Å². The van der Waals surface area contributed by atoms with Crippen molar-refractivity contribution in [2.24, 2.45) is 10.8 Å². The average Bonchev–Trinajstić information content (AvgIpc) is 2.45. The first-order valence-electron chi connectivity index (χ1n) is 4.67. The van der Waals surface area contributed by atoms with Crippen molar-refractivity contribution < 1.29 is 9.59 Å². The second kappa shape index (κ2) is 2.70. The van der Waals surface area contributed by atoms with E-state index in [1.807, 2.05) is 13.8 Å². The fourth-order valence-corrected chi connectivity index (χ4v) is 5.35. The van der Waals surface area contributed by atoms with Crippen molar-refractivity contribution in [3.05, 3.63) is 0 Å². The predicted molar refractivity (Wildman–Crippen MR) is 60.9 cm³/mol. The zero-order valence-corrected chi connectivity index (χ0v) is 11.3. The minimum atomic E-state index is -0.551. The Bertz CT molecular complexity index is 326. The molecular formula is C10H12Br2O2. The molecule has 2 aliphatic rings. The van der Waals surface area contributed by atoms with Crippen molar-refractivity contribution in [2.45, 2.75) is 35.8 Å². The SMILES string of the molecule is CC1(C)C(=O)[C@@]2(Br)CC[C@]1(C=O)[C@@H]2Br. The fourth-order valence-electron chi connectivity index (χ4n) is 2.91. The molecule has 78 valence electrons. The van der Waals surface area contributed by atoms with Gasteiger partial charge in [0.1, 0.15) is 6.29 Å². The molecule has 0 spiro atoms. The first kappa shape index (κ1) is 10.8. The van der Waals surface area contributed by atoms with Crippen LogP contribution in [0, 0.1) is 10.8 Å². The molecule has 0 saturated heterocycles. The Labute approximate surface area is 100 Å². The van der Waals surface area contributed by atoms with E-state index >= 15 is 0 Å². The van der Waals surface area contributed by atoms with Crippen molar-refractivity contribution in [2.75, 3.05) is 0 Å². The number of hydrogen-bond donors (Lipinski definition) is 0. The highest BCUT2D eigenvalue weighted by atomic mass is 79.9. The lowest BCUT2D eigenvalue weighted by molar-refractivity contribution is -0.136. The van der Waals surface area contributed by atoms with Crippen LogP contribution in [0.15, 0.2) is 0 Å². The Morgan fingerprint density at radius 2 is 2.00 bits per heavy atom. The van der Waals surface area contributed by atoms with Crippen LogP contribution in [-0.4, -0.2) is 21.2 Å². The molecule has 0 N–H and O–H groups in total. The van der Waals surface area contributed by atoms with Gasteiger partial charge in [0.05, 0.1) is 14.6 Å². The molecule has 0 unspecified atom stereocenters. The van der Waals surface area contributed by atoms with Gasteiger partial charge in [0.15, 0.2) is 5.78 Å². The van der Waals surface area contributed by atoms with Gasteiger partial charge in [-0.05, 0) is 12.8 Å². The van der Waals surface area contributed by atoms with Gasteiger partial charge in [-0.1, -0.05) is 45.7 Å². The van der Waals surface area contributed by atoms with Gasteiger partial charge in [0, 0.05) is 5.41 Å². The number of rotatable bonds is 1. The summed E-state index contributed by atoms with van der Waals surface area (Å²) >= 11 is 7.04. The summed E-state index contributed by atoms with van der Waals surface area (Å²) in [5.74, 6) is 0.158. The molecule has 0 aromatic rings. The lowest BCUT2D eigenvalue weighted by atomic mass is 9.65. The molecule has 2 aliphatic carbocycles. The lowest BCUT2D eigenvalue weighted by Gasteiger charge is -2.36. The van der Waals surface area contributed by atoms with Crippen LogP contribution in [-0.2, 0) is 9.59 Å². The molecule has 4 heteroatoms. The van der Waals surface area contributed by atoms with E-state index in [9.17, 15) is 9.59 Å². The Hall–Kier alpha value is 0.300. The van der Waals surface area contributed by atoms with Crippen LogP contribution < -0.4 is 0 Å². The molecule has 0 aromatic heterocycles. The van der Waals surface area contributed by atoms with E-state index in [0.29, 0.717) is 0 Å². The molecule has 2 nitrogen and oxygen atoms in total. The maximum atomic E-state index is 12.1. The number of alkyl halides is 2. The summed E-state index contributed by atoms with van der Waals surface area (Å²) in [6.45, 7) is 3.75. The Morgan fingerprint density at radius 1 is 1.43 bits per heavy atom. The van der Waals surface area contributed by atoms with Gasteiger partial charge in [-0.2, -0.15) is 0 Å². The maximum Gasteiger partial charge on any atom is 0.157 e. The third-order valence-electron chi connectivity index (χ3n) is 4.08. The lowest BCUT2D eigenvalue weighted by Crippen LogP contribution is -2.43. The number of aldehydes is 1. The highest BCUT2D eigenvalue weighted by Crippen LogP contribution is 2.68. The summed E-state index contributed by atoms with van der Waals surface area (Å²) in [6, 6.07) is 0. The smallest absolute Gasteiger partial charge is 0.157 e. The second-order valence-electron chi connectivity index (χ2n) is 4.84. The molecule has 2 rings (SSSR count). The standard InChI is InChI=1S/C10H12Br2O2/c1-8(2)7(14)10(12)4-3-9(8,5-13)6(10)11/h5-6H,3-4H2,1-2H3/t6-,9-,10+/m0/s1. The van der Waals surface area contributed by atoms with Crippen molar-refractivity contribution in [3.8, 4) is 0 Å². The number of halogens is 2. The van der Waals surface area contributed by atoms with Gasteiger partial charge in [0.25, 0.3) is 0 Å². The predicted octanol–water partition coefficient (Wildman–Crippen LogP) is 2.47. The maximum absolute atomic E-state index is 12.1. The Kier molecular flexibility index (Phi) is 2.08. The summed E-state index contributed by atoms with van der Waals surface area (Å²) in [4.78, 5) is 23.4. The summed E-state index contributed by atoms with van der Waals surface area (Å²) in [5, 5.41) is 0. The summed E-state index contributed by atoms with van der Waals surface area (Å²) in [5.41, 5.74) is -1.07. The van der Waals surface area contributed by atoms with E-state index in [2.05, 4.69) is 31.9 Å². The zero-order valence-electron chi connectivity index (χ0n) is 8.14. The van der Waals surface area contributed by atoms with Crippen LogP contribution in [0.3, 0.4) is 0 Å². The first-order chi connectivity index (χ1) is 6.33. The number of ketones is 1. The Balaban J connectivity index is 2.64. The van der Waals surface area contributed by atoms with E-state index in [1.54, 1.807) is 0 Å². The van der Waals surface area contributed by atoms with Gasteiger partial charge in [-0.3, -0.25) is 4.79 Å². The summed E-state index contributed by atoms with van der Waals surface area (Å²) < 4.78 is -0.516. The molecule has 2 saturated carbocycles. The van der Waals surface area contributed by atoms with E-state index in [0.717, 1.165) is 19.1 Å². The quantitative estimate of drug-likeness (QED) is 0.549. The number of hydrogen-bond acceptors (Lipinski definition) is 2. The van der Waals surface area contributed by atoms with Crippen molar-refractivity contribution in [3.63, 3.8) is 0 Å². The van der Waals surface area contributed by atoms with Crippen LogP contribution in [0.4, 0.5) is 0 Å². The van der Waals surface area contributed by atoms with Crippen molar-refractivity contribution in [1.29, 1.82) is 0 Å². The molecule has 2 bridgehead atoms. The zero-order chi connectivity index (χ0) is 10.8. The van der Waals surface area contributed by atoms with E-state index in [4.69, 9.17) is 0 Å². The number of carbonyl (C=O) groups excluding carboxylic acids is 2. The van der Waals surface area contributed by atoms with E-state index in [1.165, 1.54) is 0 Å². The number of fused-ring (bicyclic) bond motifs is 2. The molecule has 0 radical (unpaired) electrons. The van der Waals surface area contributed by atoms with Gasteiger partial charge < -0.3 is 4.79 Å². The monoisotopic (exact) mass is 322 g/mol. The minimum Gasteiger partial charge on any atom is -0.303 e. The van der Waals surface area contributed by atoms with E-state index in [-0.39, 0.29) is 10.6 Å². The third-order valence-corrected chi connectivity index (χ3v) is 7.50. The molecule has 0 amide bonds. The fraction of sp³-hybridized carbons (Fsp3) is 0.800. The van der Waals surface area contributed by atoms with E-state index < -0.39 is 15.2 Å². The van der Waals surface area contributed by atoms with Crippen LogP contribution in [0.1, 0.15) is 26.7 Å². The van der Waals surface area contributed by atoms with Crippen LogP contribution in [0.5, 0.6) is 0 Å². The largest absolute Gasteiger partial charge is 0.303 e. The van der Waals surface area contributed by atoms with Crippen molar-refractivity contribution >= 4 is 43.9 Å². The molecular weight excluding hydrogens is 312 g/mol. The summed E-state index contributed by atoms with van der Waals surface area (Å²) in [6.07, 6.45) is 2.51. The number of carbonyl (C=O) groups is 2. The molecule has 3 atom stereocenters. The highest BCUT2D eigenvalue weighted by molar-refractivity contribution is 9.13. The van der Waals surface area contributed by atoms with Crippen molar-refractivity contribution in [1.82, 2.24) is 0 Å². The summed E-state index contributed by atoms with van der Waals surface area (Å²) in [7, 11) is 0. The average molecular weight is 324 g/mol. The second-order valence-corrected chi connectivity index (χ2v) is 7.17. The molecule has 2 fully saturated rings. The Morgan fingerprint density at radius 3 is 2.29 bits per heavy atom. The van der Waals surface area contributed by atoms with Gasteiger partial charge in [0.2, 0.25) is 0 Å². The molecule has 0 aliphatic heterocycles. The van der Waals surface area contributed by atoms with Gasteiger partial charge >= 0.3 is 0 Å². The molecule has 0 heterocycles. The van der Waals surface area contributed by atoms with Gasteiger partial charge in [-0.15, -0.1) is 0 Å². The van der Waals surface area contributed by atoms with Crippen LogP contribution >= 0.6 is 31.9 Å². The first-order valence-corrected chi connectivity index (χ1v) is 6.38. The number of Topliss-reactive ketones (excluding diaryl/α,β-unsaturated/α-hetero) is 1. The normalized spacial score (nSPS) is 49.7.